The van der Waals surface area contributed by atoms with Crippen LogP contribution in [0.25, 0.3) is 22.5 Å². The van der Waals surface area contributed by atoms with Crippen molar-refractivity contribution in [1.29, 1.82) is 0 Å². The van der Waals surface area contributed by atoms with E-state index in [4.69, 9.17) is 9.47 Å². The van der Waals surface area contributed by atoms with Gasteiger partial charge in [-0.1, -0.05) is 75.7 Å². The largest absolute Gasteiger partial charge is 0.487 e. The van der Waals surface area contributed by atoms with E-state index in [1.807, 2.05) is 69.3 Å². The molecule has 0 fully saturated rings. The zero-order valence-electron chi connectivity index (χ0n) is 35.0. The molecule has 2 aliphatic rings. The van der Waals surface area contributed by atoms with E-state index in [2.05, 4.69) is 25.9 Å². The number of aliphatic carboxylic acids is 1. The lowest BCUT2D eigenvalue weighted by Crippen LogP contribution is -2.47. The van der Waals surface area contributed by atoms with E-state index in [9.17, 15) is 33.7 Å². The molecule has 62 heavy (non-hydrogen) atoms. The predicted octanol–water partition coefficient (Wildman–Crippen LogP) is 6.95. The highest BCUT2D eigenvalue weighted by atomic mass is 35.5. The van der Waals surface area contributed by atoms with Crippen molar-refractivity contribution in [2.24, 2.45) is 5.92 Å². The minimum atomic E-state index is -0.976. The number of nitrogens with one attached hydrogen (secondary N) is 2. The second-order valence-electron chi connectivity index (χ2n) is 15.8. The van der Waals surface area contributed by atoms with E-state index < -0.39 is 24.2 Å². The molecule has 0 spiro atoms. The van der Waals surface area contributed by atoms with E-state index in [-0.39, 0.29) is 67.7 Å². The van der Waals surface area contributed by atoms with Crippen LogP contribution in [0, 0.1) is 17.6 Å². The number of aromatic amines is 1. The van der Waals surface area contributed by atoms with E-state index in [0.29, 0.717) is 49.4 Å². The second kappa shape index (κ2) is 22.6. The third kappa shape index (κ3) is 12.3. The summed E-state index contributed by atoms with van der Waals surface area (Å²) in [4.78, 5) is 26.3. The minimum Gasteiger partial charge on any atom is -0.487 e. The number of hydrogen-bond donors (Lipinski definition) is 5. The van der Waals surface area contributed by atoms with Crippen LogP contribution in [0.1, 0.15) is 69.6 Å². The van der Waals surface area contributed by atoms with Gasteiger partial charge in [0.05, 0.1) is 0 Å². The maximum atomic E-state index is 13.3. The van der Waals surface area contributed by atoms with Crippen molar-refractivity contribution < 1.29 is 43.2 Å². The number of carboxylic acids is 1. The first-order valence-electron chi connectivity index (χ1n) is 20.8. The number of aliphatic hydroxyl groups is 2. The highest BCUT2D eigenvalue weighted by molar-refractivity contribution is 5.85. The third-order valence-electron chi connectivity index (χ3n) is 11.0. The predicted molar refractivity (Wildman–Crippen MR) is 232 cm³/mol. The fourth-order valence-corrected chi connectivity index (χ4v) is 7.72. The van der Waals surface area contributed by atoms with Gasteiger partial charge in [0.1, 0.15) is 53.6 Å². The normalized spacial score (nSPS) is 16.8. The summed E-state index contributed by atoms with van der Waals surface area (Å²) in [6, 6.07) is 23.5. The number of tetrazole rings is 1. The van der Waals surface area contributed by atoms with Crippen LogP contribution in [0.4, 0.5) is 8.78 Å². The van der Waals surface area contributed by atoms with Gasteiger partial charge in [-0.25, -0.2) is 13.6 Å². The molecule has 3 heterocycles. The minimum absolute atomic E-state index is 0. The summed E-state index contributed by atoms with van der Waals surface area (Å²) < 4.78 is 38.2. The van der Waals surface area contributed by atoms with Gasteiger partial charge in [-0.05, 0) is 107 Å². The Morgan fingerprint density at radius 2 is 1.42 bits per heavy atom. The molecule has 5 atom stereocenters. The molecule has 0 aliphatic carbocycles. The standard InChI is InChI=1S/C24H29N5O3.C22H25F2NO4.ClH/c1-4-5-10-21(30)29(22(16(2)3)24(31)32)15-17-11-13-18(14-12-17)19-8-6-7-9-20(19)23-25-27-28-26-23;23-15-3-7-19-13(9-15)1-5-21(28-19)17(26)11-25-12-18(27)22-6-2-14-10-16(24)4-8-20(14)29-22;/h6-9,11-14,16,22H,4-5,10,15H2,1-3H3,(H,31,32)(H,25,26,27,28);3-4,7-10,17-18,21-22,25-27H,1-2,5-6,11-12H2;1H/t22-;17-,18-,21-,22+;/m00./s1. The number of hydrogen-bond acceptors (Lipinski definition) is 10. The number of nitrogens with zero attached hydrogens (tertiary/aromatic N) is 4. The number of halogens is 3. The van der Waals surface area contributed by atoms with Crippen LogP contribution in [-0.2, 0) is 29.0 Å². The van der Waals surface area contributed by atoms with Crippen molar-refractivity contribution >= 4 is 24.3 Å². The molecule has 0 saturated carbocycles. The molecule has 0 bridgehead atoms. The van der Waals surface area contributed by atoms with Crippen LogP contribution in [-0.4, -0.2) is 96.3 Å². The number of rotatable bonds is 16. The average molecular weight is 877 g/mol. The topological polar surface area (TPSA) is 183 Å². The Balaban J connectivity index is 0.000000231. The van der Waals surface area contributed by atoms with Crippen molar-refractivity contribution in [2.45, 2.75) is 103 Å². The summed E-state index contributed by atoms with van der Waals surface area (Å²) >= 11 is 0. The molecule has 16 heteroatoms. The Morgan fingerprint density at radius 1 is 0.855 bits per heavy atom. The van der Waals surface area contributed by atoms with Crippen molar-refractivity contribution in [3.05, 3.63) is 113 Å². The van der Waals surface area contributed by atoms with Crippen molar-refractivity contribution in [3.8, 4) is 34.0 Å². The molecule has 1 amide bonds. The Morgan fingerprint density at radius 3 is 1.92 bits per heavy atom. The molecule has 0 radical (unpaired) electrons. The van der Waals surface area contributed by atoms with Gasteiger partial charge < -0.3 is 35.0 Å². The maximum Gasteiger partial charge on any atom is 0.326 e. The number of fused-ring (bicyclic) bond motifs is 2. The lowest BCUT2D eigenvalue weighted by atomic mass is 9.97. The quantitative estimate of drug-likeness (QED) is 0.0692. The monoisotopic (exact) mass is 876 g/mol. The molecule has 2 aliphatic heterocycles. The number of carboxylic acid groups (broad SMARTS) is 1. The first-order valence-corrected chi connectivity index (χ1v) is 20.8. The molecule has 4 aromatic carbocycles. The van der Waals surface area contributed by atoms with Crippen LogP contribution in [0.3, 0.4) is 0 Å². The van der Waals surface area contributed by atoms with E-state index in [1.165, 1.54) is 29.2 Å². The average Bonchev–Trinajstić information content (AvgIpc) is 3.80. The number of ether oxygens (including phenoxy) is 2. The molecular formula is C46H55ClF2N6O7. The van der Waals surface area contributed by atoms with Gasteiger partial charge in [0, 0.05) is 31.6 Å². The molecule has 1 aromatic heterocycles. The zero-order valence-corrected chi connectivity index (χ0v) is 35.9. The summed E-state index contributed by atoms with van der Waals surface area (Å²) in [5.74, 6) is -0.160. The zero-order chi connectivity index (χ0) is 43.5. The summed E-state index contributed by atoms with van der Waals surface area (Å²) in [7, 11) is 0. The highest BCUT2D eigenvalue weighted by Crippen LogP contribution is 2.32. The van der Waals surface area contributed by atoms with Gasteiger partial charge in [-0.15, -0.1) is 22.6 Å². The summed E-state index contributed by atoms with van der Waals surface area (Å²) in [5, 5.41) is 48.0. The second-order valence-corrected chi connectivity index (χ2v) is 15.8. The Bertz CT molecular complexity index is 2150. The first-order chi connectivity index (χ1) is 29.4. The molecule has 332 valence electrons. The third-order valence-corrected chi connectivity index (χ3v) is 11.0. The molecule has 5 N–H and O–H groups in total. The lowest BCUT2D eigenvalue weighted by Gasteiger charge is -2.32. The van der Waals surface area contributed by atoms with E-state index >= 15 is 0 Å². The van der Waals surface area contributed by atoms with Gasteiger partial charge in [-0.3, -0.25) is 4.79 Å². The molecule has 5 aromatic rings. The number of aryl methyl sites for hydroxylation is 2. The fourth-order valence-electron chi connectivity index (χ4n) is 7.72. The molecule has 0 unspecified atom stereocenters. The van der Waals surface area contributed by atoms with Gasteiger partial charge in [0.25, 0.3) is 0 Å². The Labute approximate surface area is 366 Å². The smallest absolute Gasteiger partial charge is 0.326 e. The van der Waals surface area contributed by atoms with Gasteiger partial charge >= 0.3 is 5.97 Å². The SMILES string of the molecule is CCCCC(=O)N(Cc1ccc(-c2ccccc2-c2nn[nH]n2)cc1)[C@H](C(=O)O)C(C)C.Cl.O[C@@H](CNC[C@H](O)[C@H]1CCc2cc(F)ccc2O1)[C@@H]1CCc2cc(F)ccc2O1. The number of aromatic nitrogens is 4. The number of unbranched alkanes of at least 4 members (excludes halogenated alkanes) is 1. The van der Waals surface area contributed by atoms with Crippen molar-refractivity contribution in [3.63, 3.8) is 0 Å². The van der Waals surface area contributed by atoms with Crippen LogP contribution >= 0.6 is 12.4 Å². The summed E-state index contributed by atoms with van der Waals surface area (Å²) in [6.07, 6.45) is 2.19. The number of amides is 1. The number of carbonyl (C=O) groups excluding carboxylic acids is 1. The van der Waals surface area contributed by atoms with Gasteiger partial charge in [0.2, 0.25) is 11.7 Å². The Hall–Kier alpha value is -5.48. The number of aliphatic hydroxyl groups excluding tert-OH is 2. The van der Waals surface area contributed by atoms with Crippen molar-refractivity contribution in [2.75, 3.05) is 13.1 Å². The summed E-state index contributed by atoms with van der Waals surface area (Å²) in [5.41, 5.74) is 5.29. The highest BCUT2D eigenvalue weighted by Gasteiger charge is 2.32. The van der Waals surface area contributed by atoms with Crippen LogP contribution in [0.5, 0.6) is 11.5 Å². The van der Waals surface area contributed by atoms with Crippen LogP contribution in [0.15, 0.2) is 84.9 Å². The molecule has 7 rings (SSSR count). The number of benzene rings is 4. The van der Waals surface area contributed by atoms with Gasteiger partial charge in [0.15, 0.2) is 0 Å². The summed E-state index contributed by atoms with van der Waals surface area (Å²) in [6.45, 7) is 6.44. The molecule has 13 nitrogen and oxygen atoms in total. The van der Waals surface area contributed by atoms with Crippen LogP contribution < -0.4 is 14.8 Å². The fraction of sp³-hybridized carbons (Fsp3) is 0.413. The maximum absolute atomic E-state index is 13.3. The van der Waals surface area contributed by atoms with E-state index in [0.717, 1.165) is 46.2 Å². The first kappa shape index (κ1) is 47.6. The number of H-pyrrole nitrogens is 1. The van der Waals surface area contributed by atoms with Gasteiger partial charge in [-0.2, -0.15) is 5.21 Å². The molecule has 0 saturated heterocycles. The molecular weight excluding hydrogens is 822 g/mol. The lowest BCUT2D eigenvalue weighted by molar-refractivity contribution is -0.153. The van der Waals surface area contributed by atoms with E-state index in [1.54, 1.807) is 12.1 Å². The van der Waals surface area contributed by atoms with Crippen LogP contribution in [0.2, 0.25) is 0 Å². The Kier molecular flexibility index (Phi) is 17.3. The number of carbonyl (C=O) groups is 2. The van der Waals surface area contributed by atoms with Crippen molar-refractivity contribution in [1.82, 2.24) is 30.8 Å².